The Morgan fingerprint density at radius 1 is 1.26 bits per heavy atom. The minimum atomic E-state index is -0.173. The van der Waals surface area contributed by atoms with Crippen molar-refractivity contribution in [1.29, 1.82) is 0 Å². The van der Waals surface area contributed by atoms with Gasteiger partial charge in [-0.15, -0.1) is 0 Å². The summed E-state index contributed by atoms with van der Waals surface area (Å²) in [6.45, 7) is 9.73. The second-order valence-electron chi connectivity index (χ2n) is 6.70. The summed E-state index contributed by atoms with van der Waals surface area (Å²) in [5.41, 5.74) is 1.63. The molecule has 1 amide bonds. The van der Waals surface area contributed by atoms with Crippen molar-refractivity contribution >= 4 is 16.9 Å². The summed E-state index contributed by atoms with van der Waals surface area (Å²) in [6.07, 6.45) is 0.871. The van der Waals surface area contributed by atoms with Gasteiger partial charge in [0.25, 0.3) is 5.91 Å². The van der Waals surface area contributed by atoms with E-state index in [-0.39, 0.29) is 11.4 Å². The maximum Gasteiger partial charge on any atom is 0.287 e. The number of amides is 1. The van der Waals surface area contributed by atoms with E-state index in [1.54, 1.807) is 7.11 Å². The minimum absolute atomic E-state index is 0.0956. The van der Waals surface area contributed by atoms with Gasteiger partial charge in [0.2, 0.25) is 0 Å². The summed E-state index contributed by atoms with van der Waals surface area (Å²) < 4.78 is 10.9. The van der Waals surface area contributed by atoms with Crippen LogP contribution in [0, 0.1) is 6.92 Å². The molecule has 5 nitrogen and oxygen atoms in total. The highest BCUT2D eigenvalue weighted by Gasteiger charge is 2.17. The molecule has 1 aromatic heterocycles. The molecule has 0 aliphatic heterocycles. The van der Waals surface area contributed by atoms with Crippen LogP contribution in [0.2, 0.25) is 0 Å². The lowest BCUT2D eigenvalue weighted by atomic mass is 10.1. The van der Waals surface area contributed by atoms with Gasteiger partial charge in [-0.2, -0.15) is 0 Å². The fraction of sp³-hybridized carbons (Fsp3) is 0.500. The van der Waals surface area contributed by atoms with Gasteiger partial charge in [-0.05, 0) is 58.9 Å². The molecular weight excluding hydrogens is 292 g/mol. The average molecular weight is 318 g/mol. The molecule has 0 saturated heterocycles. The van der Waals surface area contributed by atoms with Gasteiger partial charge in [0, 0.05) is 23.0 Å². The lowest BCUT2D eigenvalue weighted by Gasteiger charge is -2.20. The van der Waals surface area contributed by atoms with Crippen LogP contribution < -0.4 is 15.4 Å². The molecule has 0 atom stereocenters. The first-order valence-electron chi connectivity index (χ1n) is 7.92. The van der Waals surface area contributed by atoms with Crippen LogP contribution in [-0.2, 0) is 0 Å². The van der Waals surface area contributed by atoms with Crippen molar-refractivity contribution in [3.05, 3.63) is 29.5 Å². The van der Waals surface area contributed by atoms with E-state index in [2.05, 4.69) is 31.4 Å². The SMILES string of the molecule is COc1ccc2oc(C(=O)NCCCNC(C)(C)C)c(C)c2c1. The molecule has 0 saturated carbocycles. The zero-order valence-electron chi connectivity index (χ0n) is 14.6. The first kappa shape index (κ1) is 17.3. The maximum absolute atomic E-state index is 12.3. The van der Waals surface area contributed by atoms with Crippen molar-refractivity contribution < 1.29 is 13.9 Å². The lowest BCUT2D eigenvalue weighted by molar-refractivity contribution is 0.0926. The van der Waals surface area contributed by atoms with Crippen LogP contribution in [0.1, 0.15) is 43.3 Å². The van der Waals surface area contributed by atoms with E-state index in [1.165, 1.54) is 0 Å². The van der Waals surface area contributed by atoms with Crippen molar-refractivity contribution in [1.82, 2.24) is 10.6 Å². The van der Waals surface area contributed by atoms with Gasteiger partial charge in [-0.1, -0.05) is 0 Å². The highest BCUT2D eigenvalue weighted by atomic mass is 16.5. The van der Waals surface area contributed by atoms with Gasteiger partial charge in [0.15, 0.2) is 5.76 Å². The Hall–Kier alpha value is -2.01. The number of methoxy groups -OCH3 is 1. The van der Waals surface area contributed by atoms with E-state index in [1.807, 2.05) is 25.1 Å². The Morgan fingerprint density at radius 3 is 2.65 bits per heavy atom. The Bertz CT molecular complexity index is 683. The molecule has 0 bridgehead atoms. The van der Waals surface area contributed by atoms with Gasteiger partial charge >= 0.3 is 0 Å². The van der Waals surface area contributed by atoms with E-state index in [0.29, 0.717) is 17.9 Å². The molecule has 5 heteroatoms. The number of nitrogens with one attached hydrogen (secondary N) is 2. The topological polar surface area (TPSA) is 63.5 Å². The van der Waals surface area contributed by atoms with Crippen molar-refractivity contribution in [3.8, 4) is 5.75 Å². The Kier molecular flexibility index (Phi) is 5.31. The van der Waals surface area contributed by atoms with Crippen molar-refractivity contribution in [3.63, 3.8) is 0 Å². The standard InChI is InChI=1S/C18H26N2O3/c1-12-14-11-13(22-5)7-8-15(14)23-16(12)17(21)19-9-6-10-20-18(2,3)4/h7-8,11,20H,6,9-10H2,1-5H3,(H,19,21). The van der Waals surface area contributed by atoms with Gasteiger partial charge < -0.3 is 19.8 Å². The Morgan fingerprint density at radius 2 is 2.00 bits per heavy atom. The minimum Gasteiger partial charge on any atom is -0.497 e. The summed E-state index contributed by atoms with van der Waals surface area (Å²) in [5.74, 6) is 0.951. The van der Waals surface area contributed by atoms with Crippen LogP contribution in [0.5, 0.6) is 5.75 Å². The van der Waals surface area contributed by atoms with E-state index in [0.717, 1.165) is 29.7 Å². The number of furan rings is 1. The first-order chi connectivity index (χ1) is 10.8. The fourth-order valence-corrected chi connectivity index (χ4v) is 2.38. The third-order valence-electron chi connectivity index (χ3n) is 3.64. The molecule has 126 valence electrons. The van der Waals surface area contributed by atoms with Crippen molar-refractivity contribution in [2.45, 2.75) is 39.7 Å². The summed E-state index contributed by atoms with van der Waals surface area (Å²) in [4.78, 5) is 12.3. The third-order valence-corrected chi connectivity index (χ3v) is 3.64. The van der Waals surface area contributed by atoms with Crippen molar-refractivity contribution in [2.24, 2.45) is 0 Å². The number of ether oxygens (including phenoxy) is 1. The molecule has 0 aliphatic carbocycles. The number of rotatable bonds is 6. The van der Waals surface area contributed by atoms with Gasteiger partial charge in [0.05, 0.1) is 7.11 Å². The molecule has 23 heavy (non-hydrogen) atoms. The molecule has 0 spiro atoms. The average Bonchev–Trinajstić information content (AvgIpc) is 2.82. The summed E-state index contributed by atoms with van der Waals surface area (Å²) >= 11 is 0. The molecule has 1 aromatic carbocycles. The van der Waals surface area contributed by atoms with Gasteiger partial charge in [-0.25, -0.2) is 0 Å². The smallest absolute Gasteiger partial charge is 0.287 e. The molecule has 0 unspecified atom stereocenters. The number of hydrogen-bond donors (Lipinski definition) is 2. The summed E-state index contributed by atoms with van der Waals surface area (Å²) in [5, 5.41) is 7.21. The van der Waals surface area contributed by atoms with Gasteiger partial charge in [0.1, 0.15) is 11.3 Å². The number of benzene rings is 1. The second-order valence-corrected chi connectivity index (χ2v) is 6.70. The monoisotopic (exact) mass is 318 g/mol. The highest BCUT2D eigenvalue weighted by molar-refractivity contribution is 5.99. The van der Waals surface area contributed by atoms with Crippen LogP contribution >= 0.6 is 0 Å². The molecule has 0 aliphatic rings. The molecular formula is C18H26N2O3. The second kappa shape index (κ2) is 7.04. The van der Waals surface area contributed by atoms with Crippen LogP contribution in [0.15, 0.2) is 22.6 Å². The normalized spacial score (nSPS) is 11.7. The van der Waals surface area contributed by atoms with Crippen LogP contribution in [0.25, 0.3) is 11.0 Å². The van der Waals surface area contributed by atoms with Crippen molar-refractivity contribution in [2.75, 3.05) is 20.2 Å². The predicted molar refractivity (Wildman–Crippen MR) is 92.2 cm³/mol. The van der Waals surface area contributed by atoms with Gasteiger partial charge in [-0.3, -0.25) is 4.79 Å². The zero-order chi connectivity index (χ0) is 17.0. The third kappa shape index (κ3) is 4.48. The van der Waals surface area contributed by atoms with Crippen LogP contribution in [0.4, 0.5) is 0 Å². The molecule has 2 N–H and O–H groups in total. The number of fused-ring (bicyclic) bond motifs is 1. The molecule has 1 heterocycles. The zero-order valence-corrected chi connectivity index (χ0v) is 14.6. The van der Waals surface area contributed by atoms with Crippen LogP contribution in [-0.4, -0.2) is 31.6 Å². The number of hydrogen-bond acceptors (Lipinski definition) is 4. The Labute approximate surface area is 137 Å². The van der Waals surface area contributed by atoms with E-state index in [9.17, 15) is 4.79 Å². The highest BCUT2D eigenvalue weighted by Crippen LogP contribution is 2.28. The first-order valence-corrected chi connectivity index (χ1v) is 7.92. The number of carbonyl (C=O) groups excluding carboxylic acids is 1. The number of aryl methyl sites for hydroxylation is 1. The van der Waals surface area contributed by atoms with E-state index < -0.39 is 0 Å². The fourth-order valence-electron chi connectivity index (χ4n) is 2.38. The molecule has 2 rings (SSSR count). The summed E-state index contributed by atoms with van der Waals surface area (Å²) in [7, 11) is 1.62. The molecule has 2 aromatic rings. The number of carbonyl (C=O) groups is 1. The van der Waals surface area contributed by atoms with E-state index in [4.69, 9.17) is 9.15 Å². The molecule has 0 fully saturated rings. The van der Waals surface area contributed by atoms with Crippen LogP contribution in [0.3, 0.4) is 0 Å². The summed E-state index contributed by atoms with van der Waals surface area (Å²) in [6, 6.07) is 5.54. The largest absolute Gasteiger partial charge is 0.497 e. The lowest BCUT2D eigenvalue weighted by Crippen LogP contribution is -2.37. The maximum atomic E-state index is 12.3. The quantitative estimate of drug-likeness (QED) is 0.803. The predicted octanol–water partition coefficient (Wildman–Crippen LogP) is 3.26. The van der Waals surface area contributed by atoms with E-state index >= 15 is 0 Å². The Balaban J connectivity index is 1.97. The molecule has 0 radical (unpaired) electrons.